The van der Waals surface area contributed by atoms with Gasteiger partial charge in [0.1, 0.15) is 5.82 Å². The Morgan fingerprint density at radius 1 is 1.03 bits per heavy atom. The van der Waals surface area contributed by atoms with E-state index in [0.717, 1.165) is 11.1 Å². The van der Waals surface area contributed by atoms with Gasteiger partial charge in [-0.2, -0.15) is 15.0 Å². The Balaban J connectivity index is 1.73. The lowest BCUT2D eigenvalue weighted by Gasteiger charge is -2.09. The van der Waals surface area contributed by atoms with E-state index in [1.807, 2.05) is 48.5 Å². The minimum Gasteiger partial charge on any atom is -0.366 e. The lowest BCUT2D eigenvalue weighted by molar-refractivity contribution is 0.0947. The molecule has 1 N–H and O–H groups in total. The average Bonchev–Trinajstić information content (AvgIpc) is 3.23. The fourth-order valence-electron chi connectivity index (χ4n) is 2.99. The van der Waals surface area contributed by atoms with E-state index in [2.05, 4.69) is 21.5 Å². The molecule has 6 nitrogen and oxygen atoms in total. The zero-order chi connectivity index (χ0) is 20.1. The Morgan fingerprint density at radius 2 is 1.83 bits per heavy atom. The smallest absolute Gasteiger partial charge is 0.281 e. The predicted molar refractivity (Wildman–Crippen MR) is 110 cm³/mol. The molecule has 0 aliphatic heterocycles. The highest BCUT2D eigenvalue weighted by Gasteiger charge is 2.19. The van der Waals surface area contributed by atoms with E-state index in [1.165, 1.54) is 4.68 Å². The number of hydrogen-bond acceptors (Lipinski definition) is 5. The molecule has 4 rings (SSSR count). The number of nitrogens with one attached hydrogen (secondary N) is 1. The fraction of sp³-hybridized carbons (Fsp3) is 0.0435. The molecule has 140 valence electrons. The zero-order valence-corrected chi connectivity index (χ0v) is 15.5. The van der Waals surface area contributed by atoms with Crippen LogP contribution in [0.2, 0.25) is 0 Å². The summed E-state index contributed by atoms with van der Waals surface area (Å²) in [4.78, 5) is 17.3. The van der Waals surface area contributed by atoms with E-state index >= 15 is 0 Å². The molecule has 4 aromatic rings. The molecule has 0 spiro atoms. The molecule has 0 aliphatic rings. The molecule has 0 saturated carbocycles. The Kier molecular flexibility index (Phi) is 5.12. The maximum atomic E-state index is 13.2. The van der Waals surface area contributed by atoms with Crippen molar-refractivity contribution in [3.8, 4) is 17.3 Å². The van der Waals surface area contributed by atoms with E-state index in [1.54, 1.807) is 36.7 Å². The van der Waals surface area contributed by atoms with Crippen molar-refractivity contribution < 1.29 is 4.79 Å². The first-order chi connectivity index (χ1) is 14.3. The van der Waals surface area contributed by atoms with Crippen LogP contribution in [0, 0.1) is 11.3 Å². The molecule has 0 aliphatic carbocycles. The SMILES string of the molecule is N#Cc1ccccc1C(=O)n1nc(-c2cccnc2)cc1NCc1ccccc1. The fourth-order valence-corrected chi connectivity index (χ4v) is 2.99. The van der Waals surface area contributed by atoms with Crippen molar-refractivity contribution in [3.05, 3.63) is 102 Å². The van der Waals surface area contributed by atoms with Gasteiger partial charge in [0, 0.05) is 30.6 Å². The summed E-state index contributed by atoms with van der Waals surface area (Å²) in [7, 11) is 0. The maximum Gasteiger partial charge on any atom is 0.281 e. The van der Waals surface area contributed by atoms with Gasteiger partial charge in [-0.05, 0) is 29.8 Å². The minimum absolute atomic E-state index is 0.304. The van der Waals surface area contributed by atoms with Gasteiger partial charge in [0.2, 0.25) is 0 Å². The topological polar surface area (TPSA) is 83.6 Å². The number of anilines is 1. The molecule has 6 heteroatoms. The molecule has 0 atom stereocenters. The van der Waals surface area contributed by atoms with E-state index in [4.69, 9.17) is 0 Å². The van der Waals surface area contributed by atoms with E-state index < -0.39 is 0 Å². The average molecular weight is 379 g/mol. The predicted octanol–water partition coefficient (Wildman–Crippen LogP) is 4.12. The normalized spacial score (nSPS) is 10.3. The van der Waals surface area contributed by atoms with Crippen molar-refractivity contribution in [3.63, 3.8) is 0 Å². The van der Waals surface area contributed by atoms with Crippen molar-refractivity contribution in [1.82, 2.24) is 14.8 Å². The summed E-state index contributed by atoms with van der Waals surface area (Å²) in [5.41, 5.74) is 3.11. The molecule has 29 heavy (non-hydrogen) atoms. The van der Waals surface area contributed by atoms with Gasteiger partial charge in [-0.15, -0.1) is 0 Å². The summed E-state index contributed by atoms with van der Waals surface area (Å²) in [6, 6.07) is 24.2. The summed E-state index contributed by atoms with van der Waals surface area (Å²) in [6.07, 6.45) is 3.38. The number of nitrogens with zero attached hydrogens (tertiary/aromatic N) is 4. The third kappa shape index (κ3) is 3.89. The molecule has 0 saturated heterocycles. The van der Waals surface area contributed by atoms with Gasteiger partial charge in [0.15, 0.2) is 0 Å². The van der Waals surface area contributed by atoms with Crippen LogP contribution in [0.15, 0.2) is 85.2 Å². The highest BCUT2D eigenvalue weighted by atomic mass is 16.2. The maximum absolute atomic E-state index is 13.2. The largest absolute Gasteiger partial charge is 0.366 e. The molecule has 2 heterocycles. The van der Waals surface area contributed by atoms with Crippen LogP contribution in [-0.4, -0.2) is 20.7 Å². The van der Waals surface area contributed by atoms with Crippen molar-refractivity contribution in [1.29, 1.82) is 5.26 Å². The second kappa shape index (κ2) is 8.19. The summed E-state index contributed by atoms with van der Waals surface area (Å²) >= 11 is 0. The number of benzene rings is 2. The van der Waals surface area contributed by atoms with Crippen molar-refractivity contribution in [2.24, 2.45) is 0 Å². The van der Waals surface area contributed by atoms with Crippen molar-refractivity contribution in [2.75, 3.05) is 5.32 Å². The van der Waals surface area contributed by atoms with Gasteiger partial charge in [-0.3, -0.25) is 9.78 Å². The third-order valence-corrected chi connectivity index (χ3v) is 4.45. The summed E-state index contributed by atoms with van der Waals surface area (Å²) in [5, 5.41) is 17.1. The number of pyridine rings is 1. The standard InChI is InChI=1S/C23H17N5O/c24-14-18-9-4-5-11-20(18)23(29)28-22(26-15-17-7-2-1-3-8-17)13-21(27-28)19-10-6-12-25-16-19/h1-13,16,26H,15H2. The number of aromatic nitrogens is 3. The molecule has 0 fully saturated rings. The monoisotopic (exact) mass is 379 g/mol. The lowest BCUT2D eigenvalue weighted by atomic mass is 10.1. The summed E-state index contributed by atoms with van der Waals surface area (Å²) in [6.45, 7) is 0.534. The van der Waals surface area contributed by atoms with Crippen LogP contribution in [0.5, 0.6) is 0 Å². The first-order valence-corrected chi connectivity index (χ1v) is 9.08. The van der Waals surface area contributed by atoms with E-state index in [-0.39, 0.29) is 5.91 Å². The van der Waals surface area contributed by atoms with Gasteiger partial charge in [0.25, 0.3) is 5.91 Å². The number of nitriles is 1. The van der Waals surface area contributed by atoms with Crippen LogP contribution in [0.25, 0.3) is 11.3 Å². The zero-order valence-electron chi connectivity index (χ0n) is 15.5. The van der Waals surface area contributed by atoms with E-state index in [0.29, 0.717) is 29.2 Å². The number of rotatable bonds is 5. The highest BCUT2D eigenvalue weighted by Crippen LogP contribution is 2.23. The highest BCUT2D eigenvalue weighted by molar-refractivity contribution is 5.99. The quantitative estimate of drug-likeness (QED) is 0.564. The van der Waals surface area contributed by atoms with E-state index in [9.17, 15) is 10.1 Å². The van der Waals surface area contributed by atoms with Crippen LogP contribution < -0.4 is 5.32 Å². The van der Waals surface area contributed by atoms with Crippen LogP contribution in [0.3, 0.4) is 0 Å². The summed E-state index contributed by atoms with van der Waals surface area (Å²) < 4.78 is 1.31. The summed E-state index contributed by atoms with van der Waals surface area (Å²) in [5.74, 6) is 0.179. The molecular formula is C23H17N5O. The van der Waals surface area contributed by atoms with Gasteiger partial charge >= 0.3 is 0 Å². The van der Waals surface area contributed by atoms with Gasteiger partial charge in [-0.25, -0.2) is 0 Å². The number of carbonyl (C=O) groups is 1. The first-order valence-electron chi connectivity index (χ1n) is 9.08. The second-order valence-electron chi connectivity index (χ2n) is 6.37. The minimum atomic E-state index is -0.368. The lowest BCUT2D eigenvalue weighted by Crippen LogP contribution is -2.18. The van der Waals surface area contributed by atoms with Gasteiger partial charge < -0.3 is 5.32 Å². The number of hydrogen-bond donors (Lipinski definition) is 1. The molecule has 2 aromatic carbocycles. The Labute approximate surface area is 168 Å². The third-order valence-electron chi connectivity index (χ3n) is 4.45. The van der Waals surface area contributed by atoms with Gasteiger partial charge in [-0.1, -0.05) is 42.5 Å². The molecular weight excluding hydrogens is 362 g/mol. The first kappa shape index (κ1) is 18.1. The van der Waals surface area contributed by atoms with Crippen LogP contribution in [-0.2, 0) is 6.54 Å². The molecule has 0 unspecified atom stereocenters. The molecule has 2 aromatic heterocycles. The second-order valence-corrected chi connectivity index (χ2v) is 6.37. The van der Waals surface area contributed by atoms with Crippen molar-refractivity contribution in [2.45, 2.75) is 6.54 Å². The molecule has 0 bridgehead atoms. The molecule has 0 radical (unpaired) electrons. The Bertz CT molecular complexity index is 1180. The van der Waals surface area contributed by atoms with Crippen LogP contribution >= 0.6 is 0 Å². The Hall–Kier alpha value is -4.24. The van der Waals surface area contributed by atoms with Crippen LogP contribution in [0.1, 0.15) is 21.5 Å². The number of carbonyl (C=O) groups excluding carboxylic acids is 1. The molecule has 0 amide bonds. The van der Waals surface area contributed by atoms with Crippen LogP contribution in [0.4, 0.5) is 5.82 Å². The van der Waals surface area contributed by atoms with Crippen molar-refractivity contribution >= 4 is 11.7 Å². The van der Waals surface area contributed by atoms with Gasteiger partial charge in [0.05, 0.1) is 22.9 Å². The Morgan fingerprint density at radius 3 is 2.59 bits per heavy atom.